The van der Waals surface area contributed by atoms with Gasteiger partial charge in [0.05, 0.1) is 6.61 Å². The maximum Gasteiger partial charge on any atom is 0.145 e. The molecule has 14 heavy (non-hydrogen) atoms. The molecular weight excluding hydrogens is 176 g/mol. The van der Waals surface area contributed by atoms with Crippen molar-refractivity contribution >= 4 is 12.4 Å². The summed E-state index contributed by atoms with van der Waals surface area (Å²) in [6.07, 6.45) is 2.68. The lowest BCUT2D eigenvalue weighted by molar-refractivity contribution is -0.104. The Morgan fingerprint density at radius 1 is 1.36 bits per heavy atom. The van der Waals surface area contributed by atoms with Gasteiger partial charge in [0.15, 0.2) is 0 Å². The van der Waals surface area contributed by atoms with E-state index in [1.54, 1.807) is 6.92 Å². The first kappa shape index (κ1) is 10.5. The van der Waals surface area contributed by atoms with Gasteiger partial charge in [-0.3, -0.25) is 4.79 Å². The molecule has 0 aliphatic heterocycles. The maximum absolute atomic E-state index is 10.4. The van der Waals surface area contributed by atoms with E-state index in [9.17, 15) is 4.79 Å². The number of hydrogen-bond acceptors (Lipinski definition) is 2. The summed E-state index contributed by atoms with van der Waals surface area (Å²) in [6, 6.07) is 7.65. The Balaban J connectivity index is 2.78. The van der Waals surface area contributed by atoms with Crippen LogP contribution in [0.2, 0.25) is 0 Å². The van der Waals surface area contributed by atoms with Gasteiger partial charge in [-0.1, -0.05) is 12.1 Å². The molecule has 1 aromatic carbocycles. The van der Waals surface area contributed by atoms with Crippen LogP contribution >= 0.6 is 0 Å². The number of carbonyl (C=O) groups is 1. The van der Waals surface area contributed by atoms with Gasteiger partial charge < -0.3 is 4.74 Å². The summed E-state index contributed by atoms with van der Waals surface area (Å²) in [5.41, 5.74) is 1.73. The molecular formula is C12H14O2. The van der Waals surface area contributed by atoms with Gasteiger partial charge in [0, 0.05) is 0 Å². The monoisotopic (exact) mass is 190 g/mol. The summed E-state index contributed by atoms with van der Waals surface area (Å²) >= 11 is 0. The highest BCUT2D eigenvalue weighted by atomic mass is 16.5. The van der Waals surface area contributed by atoms with Gasteiger partial charge in [-0.05, 0) is 43.2 Å². The molecule has 0 atom stereocenters. The van der Waals surface area contributed by atoms with Gasteiger partial charge in [0.2, 0.25) is 0 Å². The molecule has 0 fully saturated rings. The Labute approximate surface area is 84.2 Å². The van der Waals surface area contributed by atoms with Crippen molar-refractivity contribution in [3.8, 4) is 5.75 Å². The minimum atomic E-state index is 0.669. The predicted molar refractivity (Wildman–Crippen MR) is 57.3 cm³/mol. The van der Waals surface area contributed by atoms with E-state index in [0.717, 1.165) is 17.6 Å². The van der Waals surface area contributed by atoms with Crippen LogP contribution in [0.15, 0.2) is 29.8 Å². The van der Waals surface area contributed by atoms with Gasteiger partial charge in [0.25, 0.3) is 0 Å². The number of rotatable bonds is 4. The Morgan fingerprint density at radius 3 is 2.50 bits per heavy atom. The third kappa shape index (κ3) is 3.05. The smallest absolute Gasteiger partial charge is 0.145 e. The Morgan fingerprint density at radius 2 is 2.00 bits per heavy atom. The Bertz CT molecular complexity index is 323. The number of benzene rings is 1. The molecule has 0 amide bonds. The zero-order valence-electron chi connectivity index (χ0n) is 8.49. The first-order chi connectivity index (χ1) is 6.76. The average Bonchev–Trinajstić information content (AvgIpc) is 2.21. The number of aldehydes is 1. The van der Waals surface area contributed by atoms with E-state index in [-0.39, 0.29) is 0 Å². The molecule has 0 spiro atoms. The summed E-state index contributed by atoms with van der Waals surface area (Å²) in [7, 11) is 0. The van der Waals surface area contributed by atoms with Crippen molar-refractivity contribution in [3.05, 3.63) is 35.4 Å². The highest BCUT2D eigenvalue weighted by Gasteiger charge is 1.92. The van der Waals surface area contributed by atoms with Crippen LogP contribution in [0, 0.1) is 0 Å². The van der Waals surface area contributed by atoms with E-state index < -0.39 is 0 Å². The molecule has 0 aliphatic rings. The lowest BCUT2D eigenvalue weighted by atomic mass is 10.1. The second-order valence-electron chi connectivity index (χ2n) is 3.01. The summed E-state index contributed by atoms with van der Waals surface area (Å²) in [4.78, 5) is 10.4. The topological polar surface area (TPSA) is 26.3 Å². The molecule has 0 heterocycles. The molecule has 0 aromatic heterocycles. The summed E-state index contributed by atoms with van der Waals surface area (Å²) < 4.78 is 5.30. The van der Waals surface area contributed by atoms with E-state index in [1.165, 1.54) is 0 Å². The van der Waals surface area contributed by atoms with Crippen LogP contribution in [-0.4, -0.2) is 12.9 Å². The maximum atomic E-state index is 10.4. The molecule has 2 nitrogen and oxygen atoms in total. The van der Waals surface area contributed by atoms with Gasteiger partial charge in [-0.25, -0.2) is 0 Å². The van der Waals surface area contributed by atoms with E-state index in [2.05, 4.69) is 0 Å². The van der Waals surface area contributed by atoms with E-state index in [4.69, 9.17) is 4.74 Å². The largest absolute Gasteiger partial charge is 0.494 e. The lowest BCUT2D eigenvalue weighted by Gasteiger charge is -2.02. The molecule has 2 heteroatoms. The minimum Gasteiger partial charge on any atom is -0.494 e. The molecule has 0 N–H and O–H groups in total. The molecule has 74 valence electrons. The van der Waals surface area contributed by atoms with Crippen molar-refractivity contribution in [3.63, 3.8) is 0 Å². The van der Waals surface area contributed by atoms with E-state index in [0.29, 0.717) is 12.2 Å². The molecule has 1 aromatic rings. The fourth-order valence-corrected chi connectivity index (χ4v) is 1.12. The Kier molecular flexibility index (Phi) is 3.92. The molecule has 0 radical (unpaired) electrons. The third-order valence-corrected chi connectivity index (χ3v) is 1.77. The van der Waals surface area contributed by atoms with Gasteiger partial charge >= 0.3 is 0 Å². The quantitative estimate of drug-likeness (QED) is 0.539. The number of allylic oxidation sites excluding steroid dienone is 1. The third-order valence-electron chi connectivity index (χ3n) is 1.77. The van der Waals surface area contributed by atoms with Crippen LogP contribution in [0.3, 0.4) is 0 Å². The number of carbonyl (C=O) groups excluding carboxylic acids is 1. The summed E-state index contributed by atoms with van der Waals surface area (Å²) in [5.74, 6) is 0.855. The second-order valence-corrected chi connectivity index (χ2v) is 3.01. The summed E-state index contributed by atoms with van der Waals surface area (Å²) in [5, 5.41) is 0. The van der Waals surface area contributed by atoms with Crippen molar-refractivity contribution in [2.24, 2.45) is 0 Å². The fourth-order valence-electron chi connectivity index (χ4n) is 1.12. The van der Waals surface area contributed by atoms with Gasteiger partial charge in [-0.2, -0.15) is 0 Å². The molecule has 0 bridgehead atoms. The molecule has 0 aliphatic carbocycles. The first-order valence-electron chi connectivity index (χ1n) is 4.62. The first-order valence-corrected chi connectivity index (χ1v) is 4.62. The van der Waals surface area contributed by atoms with Gasteiger partial charge in [-0.15, -0.1) is 0 Å². The molecule has 0 saturated heterocycles. The van der Waals surface area contributed by atoms with Crippen molar-refractivity contribution in [2.45, 2.75) is 13.8 Å². The highest BCUT2D eigenvalue weighted by Crippen LogP contribution is 2.13. The van der Waals surface area contributed by atoms with Crippen molar-refractivity contribution in [2.75, 3.05) is 6.61 Å². The Hall–Kier alpha value is -1.57. The van der Waals surface area contributed by atoms with Crippen LogP contribution < -0.4 is 4.74 Å². The van der Waals surface area contributed by atoms with E-state index in [1.807, 2.05) is 37.3 Å². The lowest BCUT2D eigenvalue weighted by Crippen LogP contribution is -1.90. The molecule has 0 unspecified atom stereocenters. The zero-order chi connectivity index (χ0) is 10.4. The highest BCUT2D eigenvalue weighted by molar-refractivity contribution is 5.80. The zero-order valence-corrected chi connectivity index (χ0v) is 8.49. The van der Waals surface area contributed by atoms with Crippen LogP contribution in [-0.2, 0) is 4.79 Å². The SMILES string of the molecule is CCOc1ccc(C=C(C)C=O)cc1. The fraction of sp³-hybridized carbons (Fsp3) is 0.250. The van der Waals surface area contributed by atoms with Crippen LogP contribution in [0.1, 0.15) is 19.4 Å². The van der Waals surface area contributed by atoms with Crippen molar-refractivity contribution in [1.29, 1.82) is 0 Å². The summed E-state index contributed by atoms with van der Waals surface area (Å²) in [6.45, 7) is 4.40. The number of hydrogen-bond donors (Lipinski definition) is 0. The van der Waals surface area contributed by atoms with Crippen molar-refractivity contribution < 1.29 is 9.53 Å². The van der Waals surface area contributed by atoms with Gasteiger partial charge in [0.1, 0.15) is 12.0 Å². The normalized spacial score (nSPS) is 11.1. The van der Waals surface area contributed by atoms with Crippen LogP contribution in [0.4, 0.5) is 0 Å². The molecule has 1 rings (SSSR count). The number of ether oxygens (including phenoxy) is 1. The minimum absolute atomic E-state index is 0.669. The average molecular weight is 190 g/mol. The predicted octanol–water partition coefficient (Wildman–Crippen LogP) is 2.69. The van der Waals surface area contributed by atoms with Crippen LogP contribution in [0.25, 0.3) is 6.08 Å². The van der Waals surface area contributed by atoms with Crippen molar-refractivity contribution in [1.82, 2.24) is 0 Å². The van der Waals surface area contributed by atoms with E-state index >= 15 is 0 Å². The molecule has 0 saturated carbocycles. The second kappa shape index (κ2) is 5.22. The van der Waals surface area contributed by atoms with Crippen LogP contribution in [0.5, 0.6) is 5.75 Å². The standard InChI is InChI=1S/C12H14O2/c1-3-14-12-6-4-11(5-7-12)8-10(2)9-13/h4-9H,3H2,1-2H3.